The molecular formula is C27H27N3O3. The molecule has 3 heterocycles. The summed E-state index contributed by atoms with van der Waals surface area (Å²) < 4.78 is 11.5. The topological polar surface area (TPSA) is 58.8 Å². The minimum Gasteiger partial charge on any atom is -0.487 e. The Morgan fingerprint density at radius 3 is 2.64 bits per heavy atom. The maximum absolute atomic E-state index is 12.5. The molecule has 2 aromatic heterocycles. The second-order valence-corrected chi connectivity index (χ2v) is 8.47. The van der Waals surface area contributed by atoms with Gasteiger partial charge in [-0.1, -0.05) is 35.9 Å². The van der Waals surface area contributed by atoms with Crippen LogP contribution in [0, 0.1) is 13.8 Å². The Balaban J connectivity index is 1.32. The van der Waals surface area contributed by atoms with Crippen LogP contribution in [0.3, 0.4) is 0 Å². The van der Waals surface area contributed by atoms with E-state index < -0.39 is 0 Å². The number of hydrogen-bond acceptors (Lipinski definition) is 5. The lowest BCUT2D eigenvalue weighted by atomic mass is 10.1. The number of aryl methyl sites for hydroxylation is 2. The molecule has 0 saturated carbocycles. The van der Waals surface area contributed by atoms with E-state index in [1.54, 1.807) is 12.1 Å². The van der Waals surface area contributed by atoms with Crippen molar-refractivity contribution in [2.24, 2.45) is 0 Å². The Kier molecular flexibility index (Phi) is 5.73. The quantitative estimate of drug-likeness (QED) is 0.437. The number of hydrogen-bond donors (Lipinski definition) is 0. The number of nitrogens with zero attached hydrogens (tertiary/aromatic N) is 3. The van der Waals surface area contributed by atoms with Crippen molar-refractivity contribution in [3.05, 3.63) is 89.4 Å². The summed E-state index contributed by atoms with van der Waals surface area (Å²) in [6, 6.07) is 20.0. The number of rotatable bonds is 5. The summed E-state index contributed by atoms with van der Waals surface area (Å²) in [5.41, 5.74) is 4.48. The number of carbonyl (C=O) groups is 1. The van der Waals surface area contributed by atoms with Gasteiger partial charge in [0.1, 0.15) is 23.7 Å². The molecule has 0 N–H and O–H groups in total. The van der Waals surface area contributed by atoms with E-state index in [2.05, 4.69) is 49.1 Å². The van der Waals surface area contributed by atoms with Gasteiger partial charge in [-0.05, 0) is 55.3 Å². The average Bonchev–Trinajstić information content (AvgIpc) is 3.39. The third-order valence-corrected chi connectivity index (χ3v) is 6.18. The number of aromatic nitrogens is 1. The van der Waals surface area contributed by atoms with Crippen molar-refractivity contribution in [2.75, 3.05) is 31.1 Å². The van der Waals surface area contributed by atoms with Gasteiger partial charge in [-0.25, -0.2) is 4.98 Å². The fraction of sp³-hybridized carbons (Fsp3) is 0.259. The third-order valence-electron chi connectivity index (χ3n) is 6.18. The van der Waals surface area contributed by atoms with Gasteiger partial charge in [-0.3, -0.25) is 4.79 Å². The Morgan fingerprint density at radius 1 is 1.00 bits per heavy atom. The number of para-hydroxylation sites is 1. The SMILES string of the molecule is Cc1ccc(C)c(COc2cccc3ccc(N4CCN(C(=O)c5ccco5)CC4)nc23)c1. The highest BCUT2D eigenvalue weighted by Crippen LogP contribution is 2.28. The Labute approximate surface area is 193 Å². The van der Waals surface area contributed by atoms with Gasteiger partial charge in [0.05, 0.1) is 6.26 Å². The molecule has 0 spiro atoms. The van der Waals surface area contributed by atoms with Crippen LogP contribution in [0.4, 0.5) is 5.82 Å². The largest absolute Gasteiger partial charge is 0.487 e. The summed E-state index contributed by atoms with van der Waals surface area (Å²) in [6.45, 7) is 7.40. The molecule has 1 saturated heterocycles. The Hall–Kier alpha value is -3.80. The fourth-order valence-electron chi connectivity index (χ4n) is 4.21. The Bertz CT molecular complexity index is 1280. The van der Waals surface area contributed by atoms with Gasteiger partial charge in [0.25, 0.3) is 5.91 Å². The zero-order chi connectivity index (χ0) is 22.8. The van der Waals surface area contributed by atoms with Gasteiger partial charge in [0.15, 0.2) is 5.76 Å². The van der Waals surface area contributed by atoms with Gasteiger partial charge in [-0.2, -0.15) is 0 Å². The second-order valence-electron chi connectivity index (χ2n) is 8.47. The van der Waals surface area contributed by atoms with Crippen molar-refractivity contribution in [3.63, 3.8) is 0 Å². The lowest BCUT2D eigenvalue weighted by Crippen LogP contribution is -2.49. The van der Waals surface area contributed by atoms with Gasteiger partial charge in [0, 0.05) is 31.6 Å². The van der Waals surface area contributed by atoms with Crippen LogP contribution in [-0.2, 0) is 6.61 Å². The van der Waals surface area contributed by atoms with Crippen LogP contribution >= 0.6 is 0 Å². The maximum atomic E-state index is 12.5. The second kappa shape index (κ2) is 8.98. The molecule has 5 rings (SSSR count). The normalized spacial score (nSPS) is 14.0. The van der Waals surface area contributed by atoms with Crippen LogP contribution in [0.2, 0.25) is 0 Å². The first kappa shape index (κ1) is 21.1. The molecule has 1 fully saturated rings. The number of ether oxygens (including phenoxy) is 1. The summed E-state index contributed by atoms with van der Waals surface area (Å²) in [5, 5.41) is 1.05. The van der Waals surface area contributed by atoms with E-state index in [1.165, 1.54) is 23.0 Å². The highest BCUT2D eigenvalue weighted by molar-refractivity contribution is 5.91. The number of furan rings is 1. The molecule has 6 nitrogen and oxygen atoms in total. The first-order valence-corrected chi connectivity index (χ1v) is 11.2. The first-order chi connectivity index (χ1) is 16.1. The van der Waals surface area contributed by atoms with E-state index in [9.17, 15) is 4.79 Å². The molecule has 0 radical (unpaired) electrons. The molecule has 0 bridgehead atoms. The third kappa shape index (κ3) is 4.42. The molecule has 1 amide bonds. The number of piperazine rings is 1. The lowest BCUT2D eigenvalue weighted by Gasteiger charge is -2.35. The number of amides is 1. The van der Waals surface area contributed by atoms with Gasteiger partial charge >= 0.3 is 0 Å². The van der Waals surface area contributed by atoms with Crippen LogP contribution in [0.5, 0.6) is 5.75 Å². The number of pyridine rings is 1. The molecule has 1 aliphatic heterocycles. The van der Waals surface area contributed by atoms with Crippen LogP contribution < -0.4 is 9.64 Å². The monoisotopic (exact) mass is 441 g/mol. The summed E-state index contributed by atoms with van der Waals surface area (Å²) >= 11 is 0. The van der Waals surface area contributed by atoms with Gasteiger partial charge < -0.3 is 19.0 Å². The van der Waals surface area contributed by atoms with E-state index in [0.717, 1.165) is 35.6 Å². The van der Waals surface area contributed by atoms with Crippen LogP contribution in [-0.4, -0.2) is 42.0 Å². The van der Waals surface area contributed by atoms with Gasteiger partial charge in [0.2, 0.25) is 0 Å². The Morgan fingerprint density at radius 2 is 1.85 bits per heavy atom. The summed E-state index contributed by atoms with van der Waals surface area (Å²) in [7, 11) is 0. The molecule has 2 aromatic carbocycles. The summed E-state index contributed by atoms with van der Waals surface area (Å²) in [4.78, 5) is 21.5. The zero-order valence-electron chi connectivity index (χ0n) is 19.0. The molecule has 4 aromatic rings. The molecule has 0 atom stereocenters. The fourth-order valence-corrected chi connectivity index (χ4v) is 4.21. The number of anilines is 1. The van der Waals surface area contributed by atoms with Gasteiger partial charge in [-0.15, -0.1) is 0 Å². The van der Waals surface area contributed by atoms with Crippen LogP contribution in [0.25, 0.3) is 10.9 Å². The van der Waals surface area contributed by atoms with Crippen molar-refractivity contribution in [3.8, 4) is 5.75 Å². The van der Waals surface area contributed by atoms with Crippen LogP contribution in [0.15, 0.2) is 71.3 Å². The summed E-state index contributed by atoms with van der Waals surface area (Å²) in [5.74, 6) is 2.00. The van der Waals surface area contributed by atoms with E-state index >= 15 is 0 Å². The maximum Gasteiger partial charge on any atom is 0.289 e. The zero-order valence-corrected chi connectivity index (χ0v) is 19.0. The van der Waals surface area contributed by atoms with Crippen molar-refractivity contribution in [1.82, 2.24) is 9.88 Å². The molecule has 168 valence electrons. The van der Waals surface area contributed by atoms with Crippen molar-refractivity contribution in [1.29, 1.82) is 0 Å². The number of carbonyl (C=O) groups excluding carboxylic acids is 1. The van der Waals surface area contributed by atoms with E-state index in [0.29, 0.717) is 25.5 Å². The minimum atomic E-state index is -0.0618. The molecule has 1 aliphatic rings. The highest BCUT2D eigenvalue weighted by atomic mass is 16.5. The van der Waals surface area contributed by atoms with E-state index in [4.69, 9.17) is 14.1 Å². The number of fused-ring (bicyclic) bond motifs is 1. The average molecular weight is 442 g/mol. The molecule has 0 aliphatic carbocycles. The molecule has 0 unspecified atom stereocenters. The van der Waals surface area contributed by atoms with Crippen molar-refractivity contribution < 1.29 is 13.9 Å². The summed E-state index contributed by atoms with van der Waals surface area (Å²) in [6.07, 6.45) is 1.53. The van der Waals surface area contributed by atoms with Crippen LogP contribution in [0.1, 0.15) is 27.2 Å². The molecule has 33 heavy (non-hydrogen) atoms. The highest BCUT2D eigenvalue weighted by Gasteiger charge is 2.24. The first-order valence-electron chi connectivity index (χ1n) is 11.2. The standard InChI is InChI=1S/C27H27N3O3/c1-19-8-9-20(2)22(17-19)18-33-23-6-3-5-21-10-11-25(28-26(21)23)29-12-14-30(15-13-29)27(31)24-7-4-16-32-24/h3-11,16-17H,12-15,18H2,1-2H3. The van der Waals surface area contributed by atoms with Crippen molar-refractivity contribution in [2.45, 2.75) is 20.5 Å². The number of benzene rings is 2. The van der Waals surface area contributed by atoms with Crippen molar-refractivity contribution >= 4 is 22.6 Å². The lowest BCUT2D eigenvalue weighted by molar-refractivity contribution is 0.0714. The molecular weight excluding hydrogens is 414 g/mol. The minimum absolute atomic E-state index is 0.0618. The van der Waals surface area contributed by atoms with E-state index in [-0.39, 0.29) is 5.91 Å². The predicted octanol–water partition coefficient (Wildman–Crippen LogP) is 4.99. The molecule has 6 heteroatoms. The van der Waals surface area contributed by atoms with E-state index in [1.807, 2.05) is 23.1 Å². The predicted molar refractivity (Wildman–Crippen MR) is 129 cm³/mol. The smallest absolute Gasteiger partial charge is 0.289 e.